The number of carbonyl (C=O) groups is 1. The maximum absolute atomic E-state index is 11.9. The fraction of sp³-hybridized carbons (Fsp3) is 0.0476. The highest BCUT2D eigenvalue weighted by atomic mass is 35.5. The summed E-state index contributed by atoms with van der Waals surface area (Å²) in [5, 5.41) is 13.8. The molecule has 6 heteroatoms. The van der Waals surface area contributed by atoms with Gasteiger partial charge < -0.3 is 9.84 Å². The van der Waals surface area contributed by atoms with Crippen LogP contribution < -0.4 is 10.2 Å². The Kier molecular flexibility index (Phi) is 6.07. The molecular weight excluding hydrogens is 364 g/mol. The molecule has 0 atom stereocenters. The summed E-state index contributed by atoms with van der Waals surface area (Å²) in [5.41, 5.74) is 4.70. The minimum absolute atomic E-state index is 0.105. The summed E-state index contributed by atoms with van der Waals surface area (Å²) < 4.78 is 5.72. The molecule has 3 aromatic carbocycles. The van der Waals surface area contributed by atoms with Gasteiger partial charge in [-0.05, 0) is 71.8 Å². The number of phenolic OH excluding ortho intramolecular Hbond substituents is 1. The Balaban J connectivity index is 1.50. The lowest BCUT2D eigenvalue weighted by atomic mass is 10.2. The molecule has 0 radical (unpaired) electrons. The van der Waals surface area contributed by atoms with Crippen LogP contribution in [-0.2, 0) is 6.61 Å². The first-order chi connectivity index (χ1) is 13.1. The van der Waals surface area contributed by atoms with E-state index in [0.717, 1.165) is 16.9 Å². The maximum atomic E-state index is 11.9. The number of rotatable bonds is 6. The largest absolute Gasteiger partial charge is 0.508 e. The molecule has 0 aliphatic rings. The second-order valence-corrected chi connectivity index (χ2v) is 6.17. The number of hydrogen-bond donors (Lipinski definition) is 2. The molecule has 3 aromatic rings. The highest BCUT2D eigenvalue weighted by Crippen LogP contribution is 2.15. The first-order valence-electron chi connectivity index (χ1n) is 8.20. The second-order valence-electron chi connectivity index (χ2n) is 5.73. The van der Waals surface area contributed by atoms with Gasteiger partial charge in [0.05, 0.1) is 6.21 Å². The van der Waals surface area contributed by atoms with Crippen LogP contribution in [0, 0.1) is 0 Å². The average molecular weight is 381 g/mol. The van der Waals surface area contributed by atoms with Crippen LogP contribution in [0.5, 0.6) is 11.5 Å². The molecule has 0 saturated heterocycles. The van der Waals surface area contributed by atoms with Gasteiger partial charge in [-0.1, -0.05) is 23.7 Å². The summed E-state index contributed by atoms with van der Waals surface area (Å²) in [6.07, 6.45) is 1.54. The molecule has 2 N–H and O–H groups in total. The predicted octanol–water partition coefficient (Wildman–Crippen LogP) is 4.39. The number of amides is 1. The molecule has 1 amide bonds. The van der Waals surface area contributed by atoms with Crippen molar-refractivity contribution in [1.29, 1.82) is 0 Å². The zero-order valence-corrected chi connectivity index (χ0v) is 15.1. The minimum atomic E-state index is -0.353. The molecule has 0 spiro atoms. The monoisotopic (exact) mass is 380 g/mol. The third kappa shape index (κ3) is 5.59. The van der Waals surface area contributed by atoms with Gasteiger partial charge in [-0.25, -0.2) is 5.43 Å². The van der Waals surface area contributed by atoms with Gasteiger partial charge in [0, 0.05) is 10.6 Å². The van der Waals surface area contributed by atoms with Gasteiger partial charge in [-0.3, -0.25) is 4.79 Å². The number of nitrogens with one attached hydrogen (secondary N) is 1. The van der Waals surface area contributed by atoms with Crippen LogP contribution in [0.2, 0.25) is 5.02 Å². The smallest absolute Gasteiger partial charge is 0.271 e. The van der Waals surface area contributed by atoms with Crippen LogP contribution in [0.25, 0.3) is 0 Å². The normalized spacial score (nSPS) is 10.7. The summed E-state index contributed by atoms with van der Waals surface area (Å²) in [4.78, 5) is 11.9. The number of hydrogen-bond acceptors (Lipinski definition) is 4. The molecular formula is C21H17ClN2O3. The zero-order chi connectivity index (χ0) is 19.1. The minimum Gasteiger partial charge on any atom is -0.508 e. The Bertz CT molecular complexity index is 921. The first-order valence-corrected chi connectivity index (χ1v) is 8.58. The van der Waals surface area contributed by atoms with E-state index in [2.05, 4.69) is 10.5 Å². The summed E-state index contributed by atoms with van der Waals surface area (Å²) in [6.45, 7) is 0.452. The quantitative estimate of drug-likeness (QED) is 0.492. The van der Waals surface area contributed by atoms with Crippen molar-refractivity contribution in [2.45, 2.75) is 6.61 Å². The van der Waals surface area contributed by atoms with Gasteiger partial charge in [0.2, 0.25) is 0 Å². The summed E-state index contributed by atoms with van der Waals surface area (Å²) >= 11 is 5.86. The summed E-state index contributed by atoms with van der Waals surface area (Å²) in [6, 6.07) is 20.8. The number of aromatic hydroxyl groups is 1. The molecule has 3 rings (SSSR count). The molecule has 0 unspecified atom stereocenters. The molecule has 0 aliphatic carbocycles. The molecule has 0 heterocycles. The van der Waals surface area contributed by atoms with Crippen molar-refractivity contribution < 1.29 is 14.6 Å². The van der Waals surface area contributed by atoms with Crippen LogP contribution >= 0.6 is 11.6 Å². The third-order valence-electron chi connectivity index (χ3n) is 3.71. The fourth-order valence-corrected chi connectivity index (χ4v) is 2.37. The SMILES string of the molecule is O=C(N/N=C/c1ccc(OCc2ccc(Cl)cc2)cc1)c1ccc(O)cc1. The topological polar surface area (TPSA) is 70.9 Å². The van der Waals surface area contributed by atoms with Crippen molar-refractivity contribution in [3.8, 4) is 11.5 Å². The number of hydrazone groups is 1. The Morgan fingerprint density at radius 2 is 1.67 bits per heavy atom. The number of benzene rings is 3. The molecule has 0 bridgehead atoms. The zero-order valence-electron chi connectivity index (χ0n) is 14.3. The lowest BCUT2D eigenvalue weighted by Gasteiger charge is -2.06. The van der Waals surface area contributed by atoms with E-state index in [1.165, 1.54) is 24.3 Å². The molecule has 5 nitrogen and oxygen atoms in total. The van der Waals surface area contributed by atoms with E-state index in [-0.39, 0.29) is 11.7 Å². The average Bonchev–Trinajstić information content (AvgIpc) is 2.69. The van der Waals surface area contributed by atoms with E-state index in [9.17, 15) is 9.90 Å². The number of phenols is 1. The van der Waals surface area contributed by atoms with Crippen LogP contribution in [0.3, 0.4) is 0 Å². The predicted molar refractivity (Wildman–Crippen MR) is 105 cm³/mol. The van der Waals surface area contributed by atoms with Crippen molar-refractivity contribution in [3.05, 3.63) is 94.5 Å². The van der Waals surface area contributed by atoms with E-state index in [1.807, 2.05) is 48.5 Å². The van der Waals surface area contributed by atoms with Gasteiger partial charge in [-0.15, -0.1) is 0 Å². The molecule has 0 fully saturated rings. The van der Waals surface area contributed by atoms with E-state index in [0.29, 0.717) is 17.2 Å². The van der Waals surface area contributed by atoms with Gasteiger partial charge >= 0.3 is 0 Å². The standard InChI is InChI=1S/C21H17ClN2O3/c22-18-7-1-16(2-8-18)14-27-20-11-3-15(4-12-20)13-23-24-21(26)17-5-9-19(25)10-6-17/h1-13,25H,14H2,(H,24,26)/b23-13+. The van der Waals surface area contributed by atoms with Crippen molar-refractivity contribution in [2.24, 2.45) is 5.10 Å². The lowest BCUT2D eigenvalue weighted by Crippen LogP contribution is -2.17. The number of halogens is 1. The van der Waals surface area contributed by atoms with Crippen LogP contribution in [0.4, 0.5) is 0 Å². The van der Waals surface area contributed by atoms with E-state index < -0.39 is 0 Å². The van der Waals surface area contributed by atoms with Gasteiger partial charge in [-0.2, -0.15) is 5.10 Å². The fourth-order valence-electron chi connectivity index (χ4n) is 2.24. The van der Waals surface area contributed by atoms with E-state index >= 15 is 0 Å². The number of nitrogens with zero attached hydrogens (tertiary/aromatic N) is 1. The molecule has 0 aromatic heterocycles. The van der Waals surface area contributed by atoms with Crippen LogP contribution in [0.1, 0.15) is 21.5 Å². The number of ether oxygens (including phenoxy) is 1. The van der Waals surface area contributed by atoms with Gasteiger partial charge in [0.15, 0.2) is 0 Å². The second kappa shape index (κ2) is 8.87. The Hall–Kier alpha value is -3.31. The van der Waals surface area contributed by atoms with Crippen molar-refractivity contribution in [2.75, 3.05) is 0 Å². The summed E-state index contributed by atoms with van der Waals surface area (Å²) in [5.74, 6) is 0.484. The maximum Gasteiger partial charge on any atom is 0.271 e. The molecule has 0 aliphatic heterocycles. The highest BCUT2D eigenvalue weighted by molar-refractivity contribution is 6.30. The third-order valence-corrected chi connectivity index (χ3v) is 3.96. The number of carbonyl (C=O) groups excluding carboxylic acids is 1. The summed E-state index contributed by atoms with van der Waals surface area (Å²) in [7, 11) is 0. The lowest BCUT2D eigenvalue weighted by molar-refractivity contribution is 0.0955. The first kappa shape index (κ1) is 18.5. The Morgan fingerprint density at radius 1 is 1.00 bits per heavy atom. The van der Waals surface area contributed by atoms with Crippen molar-refractivity contribution in [3.63, 3.8) is 0 Å². The molecule has 136 valence electrons. The molecule has 0 saturated carbocycles. The van der Waals surface area contributed by atoms with Gasteiger partial charge in [0.25, 0.3) is 5.91 Å². The highest BCUT2D eigenvalue weighted by Gasteiger charge is 2.03. The van der Waals surface area contributed by atoms with Gasteiger partial charge in [0.1, 0.15) is 18.1 Å². The van der Waals surface area contributed by atoms with Crippen LogP contribution in [-0.4, -0.2) is 17.2 Å². The van der Waals surface area contributed by atoms with Crippen molar-refractivity contribution in [1.82, 2.24) is 5.43 Å². The Morgan fingerprint density at radius 3 is 2.33 bits per heavy atom. The van der Waals surface area contributed by atoms with Crippen molar-refractivity contribution >= 4 is 23.7 Å². The molecule has 27 heavy (non-hydrogen) atoms. The van der Waals surface area contributed by atoms with E-state index in [1.54, 1.807) is 6.21 Å². The Labute approximate surface area is 161 Å². The van der Waals surface area contributed by atoms with Crippen LogP contribution in [0.15, 0.2) is 77.9 Å². The van der Waals surface area contributed by atoms with E-state index in [4.69, 9.17) is 16.3 Å².